The van der Waals surface area contributed by atoms with Crippen LogP contribution >= 0.6 is 11.6 Å². The number of aryl methyl sites for hydroxylation is 1. The van der Waals surface area contributed by atoms with Crippen LogP contribution in [0.2, 0.25) is 5.02 Å². The summed E-state index contributed by atoms with van der Waals surface area (Å²) in [4.78, 5) is 26.1. The van der Waals surface area contributed by atoms with Crippen molar-refractivity contribution in [2.75, 3.05) is 13.1 Å². The first-order chi connectivity index (χ1) is 17.9. The number of halogens is 1. The number of hydrogen-bond donors (Lipinski definition) is 0. The van der Waals surface area contributed by atoms with Crippen LogP contribution in [-0.2, 0) is 14.8 Å². The predicted molar refractivity (Wildman–Crippen MR) is 148 cm³/mol. The molecule has 0 spiro atoms. The molecule has 1 aliphatic heterocycles. The van der Waals surface area contributed by atoms with Gasteiger partial charge in [-0.1, -0.05) is 25.4 Å². The Labute approximate surface area is 229 Å². The van der Waals surface area contributed by atoms with Crippen molar-refractivity contribution in [3.8, 4) is 5.69 Å². The highest BCUT2D eigenvalue weighted by Crippen LogP contribution is 2.27. The standard InChI is InChI=1S/C29H33ClN2O5S/c1-18-14-19(2)17-31(16-18)38(35,36)26-12-6-23(7-13-26)29(34)37-22(5)28(33)27-15-20(3)32(21(27)4)25-10-8-24(30)9-11-25/h6-13,15,18-19,22H,14,16-17H2,1-5H3. The third-order valence-electron chi connectivity index (χ3n) is 7.00. The van der Waals surface area contributed by atoms with E-state index in [1.807, 2.05) is 30.5 Å². The van der Waals surface area contributed by atoms with E-state index in [1.165, 1.54) is 35.5 Å². The summed E-state index contributed by atoms with van der Waals surface area (Å²) >= 11 is 6.01. The second-order valence-electron chi connectivity index (χ2n) is 10.3. The van der Waals surface area contributed by atoms with Crippen LogP contribution in [0.1, 0.15) is 59.3 Å². The third-order valence-corrected chi connectivity index (χ3v) is 9.10. The second-order valence-corrected chi connectivity index (χ2v) is 12.7. The lowest BCUT2D eigenvalue weighted by Crippen LogP contribution is -2.42. The maximum Gasteiger partial charge on any atom is 0.338 e. The minimum atomic E-state index is -3.66. The molecule has 3 atom stereocenters. The molecular weight excluding hydrogens is 524 g/mol. The first-order valence-corrected chi connectivity index (χ1v) is 14.5. The Morgan fingerprint density at radius 3 is 2.13 bits per heavy atom. The molecule has 3 aromatic rings. The van der Waals surface area contributed by atoms with E-state index in [1.54, 1.807) is 18.2 Å². The monoisotopic (exact) mass is 556 g/mol. The van der Waals surface area contributed by atoms with Gasteiger partial charge in [0.1, 0.15) is 0 Å². The van der Waals surface area contributed by atoms with Crippen molar-refractivity contribution in [2.45, 2.75) is 52.0 Å². The van der Waals surface area contributed by atoms with E-state index in [-0.39, 0.29) is 28.1 Å². The lowest BCUT2D eigenvalue weighted by molar-refractivity contribution is 0.0318. The SMILES string of the molecule is Cc1cc(C(=O)C(C)OC(=O)c2ccc(S(=O)(=O)N3CC(C)CC(C)C3)cc2)c(C)n1-c1ccc(Cl)cc1. The number of esters is 1. The van der Waals surface area contributed by atoms with E-state index < -0.39 is 22.1 Å². The van der Waals surface area contributed by atoms with Gasteiger partial charge < -0.3 is 9.30 Å². The van der Waals surface area contributed by atoms with Gasteiger partial charge in [0.25, 0.3) is 0 Å². The van der Waals surface area contributed by atoms with Gasteiger partial charge >= 0.3 is 5.97 Å². The molecule has 38 heavy (non-hydrogen) atoms. The summed E-state index contributed by atoms with van der Waals surface area (Å²) in [6.07, 6.45) is -0.0278. The van der Waals surface area contributed by atoms with Crippen molar-refractivity contribution < 1.29 is 22.7 Å². The zero-order valence-corrected chi connectivity index (χ0v) is 23.8. The number of nitrogens with zero attached hydrogens (tertiary/aromatic N) is 2. The number of benzene rings is 2. The number of hydrogen-bond acceptors (Lipinski definition) is 5. The van der Waals surface area contributed by atoms with Gasteiger partial charge in [0.2, 0.25) is 15.8 Å². The quantitative estimate of drug-likeness (QED) is 0.269. The molecule has 1 saturated heterocycles. The van der Waals surface area contributed by atoms with Crippen LogP contribution < -0.4 is 0 Å². The van der Waals surface area contributed by atoms with Crippen molar-refractivity contribution in [2.24, 2.45) is 11.8 Å². The van der Waals surface area contributed by atoms with Crippen LogP contribution in [0.3, 0.4) is 0 Å². The number of carbonyl (C=O) groups is 2. The van der Waals surface area contributed by atoms with Crippen molar-refractivity contribution in [1.82, 2.24) is 8.87 Å². The summed E-state index contributed by atoms with van der Waals surface area (Å²) in [7, 11) is -3.66. The summed E-state index contributed by atoms with van der Waals surface area (Å²) in [6, 6.07) is 14.8. The van der Waals surface area contributed by atoms with Gasteiger partial charge in [-0.2, -0.15) is 4.31 Å². The van der Waals surface area contributed by atoms with E-state index >= 15 is 0 Å². The minimum Gasteiger partial charge on any atom is -0.451 e. The third kappa shape index (κ3) is 5.72. The molecule has 7 nitrogen and oxygen atoms in total. The van der Waals surface area contributed by atoms with Crippen LogP contribution in [0.25, 0.3) is 5.69 Å². The van der Waals surface area contributed by atoms with Gasteiger partial charge in [-0.3, -0.25) is 4.79 Å². The zero-order valence-electron chi connectivity index (χ0n) is 22.3. The van der Waals surface area contributed by atoms with Gasteiger partial charge in [0.05, 0.1) is 10.5 Å². The molecule has 2 heterocycles. The molecule has 1 aliphatic rings. The first kappa shape index (κ1) is 28.1. The van der Waals surface area contributed by atoms with Crippen LogP contribution in [0.4, 0.5) is 0 Å². The summed E-state index contributed by atoms with van der Waals surface area (Å²) < 4.78 is 35.2. The number of ether oxygens (including phenoxy) is 1. The normalized spacial score (nSPS) is 19.2. The number of piperidine rings is 1. The molecule has 0 radical (unpaired) electrons. The van der Waals surface area contributed by atoms with Gasteiger partial charge in [0.15, 0.2) is 6.10 Å². The van der Waals surface area contributed by atoms with Gasteiger partial charge in [-0.15, -0.1) is 0 Å². The number of carbonyl (C=O) groups excluding carboxylic acids is 2. The van der Waals surface area contributed by atoms with E-state index in [4.69, 9.17) is 16.3 Å². The number of sulfonamides is 1. The van der Waals surface area contributed by atoms with Crippen molar-refractivity contribution in [3.63, 3.8) is 0 Å². The maximum absolute atomic E-state index is 13.2. The molecule has 0 N–H and O–H groups in total. The van der Waals surface area contributed by atoms with E-state index in [9.17, 15) is 18.0 Å². The van der Waals surface area contributed by atoms with Crippen LogP contribution in [-0.4, -0.2) is 48.2 Å². The van der Waals surface area contributed by atoms with Crippen LogP contribution in [0.5, 0.6) is 0 Å². The van der Waals surface area contributed by atoms with Crippen LogP contribution in [0, 0.1) is 25.7 Å². The molecule has 3 unspecified atom stereocenters. The van der Waals surface area contributed by atoms with Gasteiger partial charge in [0, 0.05) is 40.8 Å². The van der Waals surface area contributed by atoms with E-state index in [2.05, 4.69) is 13.8 Å². The molecule has 9 heteroatoms. The lowest BCUT2D eigenvalue weighted by atomic mass is 9.94. The molecule has 1 aromatic heterocycles. The molecule has 0 aliphatic carbocycles. The van der Waals surface area contributed by atoms with Gasteiger partial charge in [-0.25, -0.2) is 13.2 Å². The Balaban J connectivity index is 1.46. The summed E-state index contributed by atoms with van der Waals surface area (Å²) in [5.74, 6) is -0.435. The fourth-order valence-corrected chi connectivity index (χ4v) is 7.02. The molecule has 202 valence electrons. The number of ketones is 1. The molecule has 0 saturated carbocycles. The van der Waals surface area contributed by atoms with Gasteiger partial charge in [-0.05, 0) is 93.6 Å². The summed E-state index contributed by atoms with van der Waals surface area (Å²) in [6.45, 7) is 10.3. The van der Waals surface area contributed by atoms with E-state index in [0.29, 0.717) is 23.7 Å². The molecule has 1 fully saturated rings. The molecule has 2 aromatic carbocycles. The molecule has 0 bridgehead atoms. The highest BCUT2D eigenvalue weighted by Gasteiger charge is 2.32. The summed E-state index contributed by atoms with van der Waals surface area (Å²) in [5.41, 5.74) is 3.10. The Kier molecular flexibility index (Phi) is 8.16. The van der Waals surface area contributed by atoms with Crippen molar-refractivity contribution in [3.05, 3.63) is 82.1 Å². The van der Waals surface area contributed by atoms with Crippen molar-refractivity contribution in [1.29, 1.82) is 0 Å². The average Bonchev–Trinajstić information content (AvgIpc) is 3.17. The Hall–Kier alpha value is -2.94. The summed E-state index contributed by atoms with van der Waals surface area (Å²) in [5, 5.41) is 0.620. The Morgan fingerprint density at radius 1 is 0.974 bits per heavy atom. The smallest absolute Gasteiger partial charge is 0.338 e. The maximum atomic E-state index is 13.2. The molecule has 0 amide bonds. The molecule has 4 rings (SSSR count). The highest BCUT2D eigenvalue weighted by atomic mass is 35.5. The predicted octanol–water partition coefficient (Wildman–Crippen LogP) is 5.84. The zero-order chi connectivity index (χ0) is 27.8. The Morgan fingerprint density at radius 2 is 1.55 bits per heavy atom. The largest absolute Gasteiger partial charge is 0.451 e. The highest BCUT2D eigenvalue weighted by molar-refractivity contribution is 7.89. The topological polar surface area (TPSA) is 85.7 Å². The van der Waals surface area contributed by atoms with Crippen molar-refractivity contribution >= 4 is 33.4 Å². The molecular formula is C29H33ClN2O5S. The fraction of sp³-hybridized carbons (Fsp3) is 0.379. The minimum absolute atomic E-state index is 0.133. The van der Waals surface area contributed by atoms with Crippen LogP contribution in [0.15, 0.2) is 59.5 Å². The average molecular weight is 557 g/mol. The fourth-order valence-electron chi connectivity index (χ4n) is 5.21. The second kappa shape index (κ2) is 11.0. The number of aromatic nitrogens is 1. The Bertz CT molecular complexity index is 1440. The number of rotatable bonds is 7. The number of Topliss-reactive ketones (excluding diaryl/α,β-unsaturated/α-hetero) is 1. The van der Waals surface area contributed by atoms with E-state index in [0.717, 1.165) is 23.5 Å². The lowest BCUT2D eigenvalue weighted by Gasteiger charge is -2.34. The first-order valence-electron chi connectivity index (χ1n) is 12.7.